The molecule has 0 saturated heterocycles. The molecule has 0 aliphatic rings. The number of anilines is 1. The number of carbonyl (C=O) groups is 1. The van der Waals surface area contributed by atoms with E-state index in [0.717, 1.165) is 16.9 Å². The third kappa shape index (κ3) is 4.58. The van der Waals surface area contributed by atoms with E-state index in [1.165, 1.54) is 0 Å². The third-order valence-corrected chi connectivity index (χ3v) is 3.59. The maximum Gasteiger partial charge on any atom is 0.320 e. The Balaban J connectivity index is 2.31. The van der Waals surface area contributed by atoms with E-state index in [4.69, 9.17) is 5.11 Å². The summed E-state index contributed by atoms with van der Waals surface area (Å²) < 4.78 is 1.75. The summed E-state index contributed by atoms with van der Waals surface area (Å²) in [5, 5.41) is 19.0. The van der Waals surface area contributed by atoms with Crippen LogP contribution in [0.5, 0.6) is 0 Å². The summed E-state index contributed by atoms with van der Waals surface area (Å²) in [6.07, 6.45) is 0.526. The van der Waals surface area contributed by atoms with Gasteiger partial charge in [-0.2, -0.15) is 5.10 Å². The van der Waals surface area contributed by atoms with Gasteiger partial charge in [-0.05, 0) is 31.0 Å². The second kappa shape index (κ2) is 7.49. The first kappa shape index (κ1) is 18.0. The Hall–Kier alpha value is -2.34. The van der Waals surface area contributed by atoms with E-state index in [1.807, 2.05) is 37.3 Å². The molecule has 0 saturated carbocycles. The number of hydrogen-bond donors (Lipinski definition) is 3. The van der Waals surface area contributed by atoms with E-state index < -0.39 is 0 Å². The number of carbonyl (C=O) groups excluding carboxylic acids is 1. The van der Waals surface area contributed by atoms with Crippen LogP contribution in [0.15, 0.2) is 30.3 Å². The molecule has 0 aliphatic heterocycles. The third-order valence-electron chi connectivity index (χ3n) is 3.59. The van der Waals surface area contributed by atoms with Crippen LogP contribution in [0.25, 0.3) is 5.69 Å². The molecule has 1 aromatic carbocycles. The Morgan fingerprint density at radius 3 is 2.67 bits per heavy atom. The number of nitrogens with one attached hydrogen (secondary N) is 2. The van der Waals surface area contributed by atoms with Crippen molar-refractivity contribution in [2.24, 2.45) is 0 Å². The molecule has 6 nitrogen and oxygen atoms in total. The van der Waals surface area contributed by atoms with Gasteiger partial charge < -0.3 is 10.4 Å². The summed E-state index contributed by atoms with van der Waals surface area (Å²) in [5.74, 6) is 0.618. The highest BCUT2D eigenvalue weighted by atomic mass is 16.3. The Morgan fingerprint density at radius 1 is 1.29 bits per heavy atom. The normalized spacial score (nSPS) is 11.4. The Labute approximate surface area is 142 Å². The van der Waals surface area contributed by atoms with E-state index in [1.54, 1.807) is 4.68 Å². The highest BCUT2D eigenvalue weighted by Gasteiger charge is 2.21. The number of urea groups is 1. The second-order valence-electron chi connectivity index (χ2n) is 6.87. The molecule has 0 unspecified atom stereocenters. The van der Waals surface area contributed by atoms with Gasteiger partial charge in [-0.15, -0.1) is 0 Å². The fourth-order valence-electron chi connectivity index (χ4n) is 2.23. The number of benzene rings is 1. The molecule has 3 N–H and O–H groups in total. The number of amides is 2. The second-order valence-corrected chi connectivity index (χ2v) is 6.87. The van der Waals surface area contributed by atoms with E-state index >= 15 is 0 Å². The van der Waals surface area contributed by atoms with Crippen LogP contribution < -0.4 is 10.6 Å². The number of hydrogen-bond acceptors (Lipinski definition) is 3. The summed E-state index contributed by atoms with van der Waals surface area (Å²) in [4.78, 5) is 12.1. The van der Waals surface area contributed by atoms with Gasteiger partial charge in [0.2, 0.25) is 0 Å². The van der Waals surface area contributed by atoms with Crippen LogP contribution in [0, 0.1) is 6.92 Å². The van der Waals surface area contributed by atoms with Gasteiger partial charge in [-0.1, -0.05) is 32.9 Å². The van der Waals surface area contributed by atoms with E-state index in [9.17, 15) is 4.79 Å². The number of rotatable bonds is 5. The van der Waals surface area contributed by atoms with Crippen molar-refractivity contribution in [2.75, 3.05) is 18.5 Å². The molecule has 2 aromatic rings. The largest absolute Gasteiger partial charge is 0.396 e. The average Bonchev–Trinajstić information content (AvgIpc) is 2.91. The zero-order chi connectivity index (χ0) is 17.7. The van der Waals surface area contributed by atoms with Crippen LogP contribution in [0.3, 0.4) is 0 Å². The van der Waals surface area contributed by atoms with Gasteiger partial charge in [0.1, 0.15) is 5.82 Å². The lowest BCUT2D eigenvalue weighted by Gasteiger charge is -2.14. The molecule has 6 heteroatoms. The molecule has 0 bridgehead atoms. The van der Waals surface area contributed by atoms with Gasteiger partial charge in [0.05, 0.1) is 11.4 Å². The van der Waals surface area contributed by atoms with E-state index in [0.29, 0.717) is 18.8 Å². The first-order chi connectivity index (χ1) is 11.3. The summed E-state index contributed by atoms with van der Waals surface area (Å²) >= 11 is 0. The minimum atomic E-state index is -0.308. The first-order valence-electron chi connectivity index (χ1n) is 8.14. The van der Waals surface area contributed by atoms with Crippen molar-refractivity contribution in [2.45, 2.75) is 39.5 Å². The van der Waals surface area contributed by atoms with Gasteiger partial charge >= 0.3 is 6.03 Å². The molecule has 0 spiro atoms. The average molecular weight is 330 g/mol. The zero-order valence-electron chi connectivity index (χ0n) is 14.8. The quantitative estimate of drug-likeness (QED) is 0.737. The molecule has 0 atom stereocenters. The molecule has 130 valence electrons. The summed E-state index contributed by atoms with van der Waals surface area (Å²) in [6, 6.07) is 9.56. The lowest BCUT2D eigenvalue weighted by Crippen LogP contribution is -2.30. The van der Waals surface area contributed by atoms with Gasteiger partial charge in [0.15, 0.2) is 0 Å². The number of aliphatic hydroxyl groups is 1. The molecule has 24 heavy (non-hydrogen) atoms. The summed E-state index contributed by atoms with van der Waals surface area (Å²) in [5.41, 5.74) is 2.79. The van der Waals surface area contributed by atoms with Crippen LogP contribution in [0.4, 0.5) is 10.6 Å². The Kier molecular flexibility index (Phi) is 5.62. The predicted octanol–water partition coefficient (Wildman–Crippen LogP) is 2.98. The van der Waals surface area contributed by atoms with Crippen molar-refractivity contribution >= 4 is 11.8 Å². The minimum Gasteiger partial charge on any atom is -0.396 e. The van der Waals surface area contributed by atoms with Crippen molar-refractivity contribution < 1.29 is 9.90 Å². The fraction of sp³-hybridized carbons (Fsp3) is 0.444. The maximum absolute atomic E-state index is 12.1. The minimum absolute atomic E-state index is 0.0513. The van der Waals surface area contributed by atoms with Crippen LogP contribution in [-0.4, -0.2) is 34.1 Å². The molecular weight excluding hydrogens is 304 g/mol. The van der Waals surface area contributed by atoms with Gasteiger partial charge in [0, 0.05) is 24.6 Å². The Morgan fingerprint density at radius 2 is 2.04 bits per heavy atom. The summed E-state index contributed by atoms with van der Waals surface area (Å²) in [7, 11) is 0. The molecule has 1 aromatic heterocycles. The molecule has 2 amide bonds. The van der Waals surface area contributed by atoms with Crippen LogP contribution in [-0.2, 0) is 5.41 Å². The lowest BCUT2D eigenvalue weighted by molar-refractivity contribution is 0.248. The number of aliphatic hydroxyl groups excluding tert-OH is 1. The lowest BCUT2D eigenvalue weighted by atomic mass is 9.92. The monoisotopic (exact) mass is 330 g/mol. The molecule has 0 aliphatic carbocycles. The van der Waals surface area contributed by atoms with Crippen molar-refractivity contribution in [3.8, 4) is 5.69 Å². The standard InChI is InChI=1S/C18H26N4O2/c1-13-7-5-8-14(11-13)22-16(12-15(21-22)18(2,3)4)20-17(24)19-9-6-10-23/h5,7-8,11-12,23H,6,9-10H2,1-4H3,(H2,19,20,24). The number of nitrogens with zero attached hydrogens (tertiary/aromatic N) is 2. The fourth-order valence-corrected chi connectivity index (χ4v) is 2.23. The maximum atomic E-state index is 12.1. The number of aryl methyl sites for hydroxylation is 1. The van der Waals surface area contributed by atoms with Crippen molar-refractivity contribution in [3.63, 3.8) is 0 Å². The molecule has 0 radical (unpaired) electrons. The number of aromatic nitrogens is 2. The zero-order valence-corrected chi connectivity index (χ0v) is 14.8. The first-order valence-corrected chi connectivity index (χ1v) is 8.14. The van der Waals surface area contributed by atoms with Gasteiger partial charge in [0.25, 0.3) is 0 Å². The van der Waals surface area contributed by atoms with E-state index in [2.05, 4.69) is 36.5 Å². The molecular formula is C18H26N4O2. The SMILES string of the molecule is Cc1cccc(-n2nc(C(C)(C)C)cc2NC(=O)NCCCO)c1. The molecule has 2 rings (SSSR count). The highest BCUT2D eigenvalue weighted by Crippen LogP contribution is 2.26. The van der Waals surface area contributed by atoms with Gasteiger partial charge in [-0.3, -0.25) is 5.32 Å². The molecule has 0 fully saturated rings. The van der Waals surface area contributed by atoms with E-state index in [-0.39, 0.29) is 18.1 Å². The van der Waals surface area contributed by atoms with Crippen LogP contribution in [0.1, 0.15) is 38.4 Å². The Bertz CT molecular complexity index is 701. The smallest absolute Gasteiger partial charge is 0.320 e. The van der Waals surface area contributed by atoms with Crippen molar-refractivity contribution in [3.05, 3.63) is 41.6 Å². The van der Waals surface area contributed by atoms with Crippen molar-refractivity contribution in [1.82, 2.24) is 15.1 Å². The van der Waals surface area contributed by atoms with Gasteiger partial charge in [-0.25, -0.2) is 9.48 Å². The summed E-state index contributed by atoms with van der Waals surface area (Å²) in [6.45, 7) is 8.75. The highest BCUT2D eigenvalue weighted by molar-refractivity contribution is 5.88. The topological polar surface area (TPSA) is 79.2 Å². The predicted molar refractivity (Wildman–Crippen MR) is 95.7 cm³/mol. The van der Waals surface area contributed by atoms with Crippen LogP contribution in [0.2, 0.25) is 0 Å². The van der Waals surface area contributed by atoms with Crippen molar-refractivity contribution in [1.29, 1.82) is 0 Å². The molecule has 1 heterocycles. The van der Waals surface area contributed by atoms with Crippen LogP contribution >= 0.6 is 0 Å².